The van der Waals surface area contributed by atoms with Crippen LogP contribution in [-0.4, -0.2) is 12.6 Å². The molecule has 1 fully saturated rings. The van der Waals surface area contributed by atoms with Crippen LogP contribution in [0.25, 0.3) is 0 Å². The van der Waals surface area contributed by atoms with Gasteiger partial charge >= 0.3 is 0 Å². The van der Waals surface area contributed by atoms with Crippen LogP contribution in [0.4, 0.5) is 0 Å². The molecule has 18 heavy (non-hydrogen) atoms. The van der Waals surface area contributed by atoms with Gasteiger partial charge in [-0.15, -0.1) is 0 Å². The van der Waals surface area contributed by atoms with Crippen LogP contribution in [0.15, 0.2) is 16.7 Å². The van der Waals surface area contributed by atoms with E-state index in [9.17, 15) is 0 Å². The molecule has 0 bridgehead atoms. The summed E-state index contributed by atoms with van der Waals surface area (Å²) >= 11 is 0. The van der Waals surface area contributed by atoms with E-state index in [1.807, 2.05) is 6.07 Å². The molecule has 0 unspecified atom stereocenters. The van der Waals surface area contributed by atoms with Gasteiger partial charge in [-0.2, -0.15) is 0 Å². The molecule has 1 heterocycles. The monoisotopic (exact) mass is 251 g/mol. The minimum absolute atomic E-state index is 0.493. The van der Waals surface area contributed by atoms with Gasteiger partial charge in [0.1, 0.15) is 12.4 Å². The van der Waals surface area contributed by atoms with E-state index in [1.54, 1.807) is 6.26 Å². The van der Waals surface area contributed by atoms with Gasteiger partial charge in [0.05, 0.1) is 6.26 Å². The first kappa shape index (κ1) is 13.6. The largest absolute Gasteiger partial charge is 0.467 e. The van der Waals surface area contributed by atoms with Crippen molar-refractivity contribution < 1.29 is 9.15 Å². The number of nitrogens with one attached hydrogen (secondary N) is 1. The third-order valence-corrected chi connectivity index (χ3v) is 3.60. The van der Waals surface area contributed by atoms with Gasteiger partial charge in [0.25, 0.3) is 0 Å². The third kappa shape index (κ3) is 4.14. The van der Waals surface area contributed by atoms with E-state index in [0.717, 1.165) is 24.8 Å². The van der Waals surface area contributed by atoms with Crippen LogP contribution in [0.1, 0.15) is 50.9 Å². The summed E-state index contributed by atoms with van der Waals surface area (Å²) in [5.74, 6) is 1.75. The highest BCUT2D eigenvalue weighted by molar-refractivity contribution is 5.16. The van der Waals surface area contributed by atoms with Crippen LogP contribution in [0, 0.1) is 5.92 Å². The fourth-order valence-electron chi connectivity index (χ4n) is 2.46. The van der Waals surface area contributed by atoms with Gasteiger partial charge in [0.2, 0.25) is 0 Å². The number of furan rings is 1. The van der Waals surface area contributed by atoms with Crippen molar-refractivity contribution in [1.82, 2.24) is 5.32 Å². The van der Waals surface area contributed by atoms with Crippen molar-refractivity contribution in [1.29, 1.82) is 0 Å². The van der Waals surface area contributed by atoms with Crippen LogP contribution < -0.4 is 5.32 Å². The minimum atomic E-state index is 0.493. The molecule has 1 aliphatic carbocycles. The first-order valence-corrected chi connectivity index (χ1v) is 7.12. The van der Waals surface area contributed by atoms with Gasteiger partial charge < -0.3 is 14.5 Å². The zero-order valence-electron chi connectivity index (χ0n) is 11.6. The van der Waals surface area contributed by atoms with Crippen LogP contribution in [0.5, 0.6) is 0 Å². The Morgan fingerprint density at radius 3 is 2.89 bits per heavy atom. The molecule has 3 heteroatoms. The summed E-state index contributed by atoms with van der Waals surface area (Å²) in [4.78, 5) is 0. The first-order valence-electron chi connectivity index (χ1n) is 7.12. The molecule has 1 aliphatic rings. The van der Waals surface area contributed by atoms with Gasteiger partial charge in [0, 0.05) is 24.8 Å². The molecule has 0 spiro atoms. The molecule has 0 aromatic carbocycles. The molecular weight excluding hydrogens is 226 g/mol. The van der Waals surface area contributed by atoms with E-state index in [0.29, 0.717) is 12.6 Å². The van der Waals surface area contributed by atoms with Crippen LogP contribution in [0.2, 0.25) is 0 Å². The maximum atomic E-state index is 5.79. The number of rotatable bonds is 7. The second kappa shape index (κ2) is 6.95. The molecule has 3 nitrogen and oxygen atoms in total. The lowest BCUT2D eigenvalue weighted by atomic mass is 10.1. The summed E-state index contributed by atoms with van der Waals surface area (Å²) in [6.45, 7) is 6.65. The molecule has 0 saturated heterocycles. The maximum Gasteiger partial charge on any atom is 0.133 e. The Kier molecular flexibility index (Phi) is 5.26. The average Bonchev–Trinajstić information content (AvgIpc) is 2.97. The summed E-state index contributed by atoms with van der Waals surface area (Å²) < 4.78 is 11.3. The molecule has 1 aromatic rings. The highest BCUT2D eigenvalue weighted by atomic mass is 16.5. The van der Waals surface area contributed by atoms with Crippen molar-refractivity contribution in [2.24, 2.45) is 5.92 Å². The highest BCUT2D eigenvalue weighted by Gasteiger charge is 2.15. The predicted molar refractivity (Wildman–Crippen MR) is 72.3 cm³/mol. The summed E-state index contributed by atoms with van der Waals surface area (Å²) in [5, 5.41) is 3.40. The van der Waals surface area contributed by atoms with E-state index in [1.165, 1.54) is 31.2 Å². The van der Waals surface area contributed by atoms with Crippen LogP contribution in [0.3, 0.4) is 0 Å². The van der Waals surface area contributed by atoms with E-state index in [4.69, 9.17) is 9.15 Å². The Bertz CT molecular complexity index is 340. The summed E-state index contributed by atoms with van der Waals surface area (Å²) in [6, 6.07) is 2.52. The standard InChI is InChI=1S/C15H25NO2/c1-12(2)16-9-14-7-8-18-15(14)11-17-10-13-5-3-4-6-13/h7-8,12-13,16H,3-6,9-11H2,1-2H3. The number of hydrogen-bond acceptors (Lipinski definition) is 3. The number of hydrogen-bond donors (Lipinski definition) is 1. The second-order valence-electron chi connectivity index (χ2n) is 5.57. The lowest BCUT2D eigenvalue weighted by Gasteiger charge is -2.10. The summed E-state index contributed by atoms with van der Waals surface area (Å²) in [5.41, 5.74) is 1.22. The zero-order chi connectivity index (χ0) is 12.8. The van der Waals surface area contributed by atoms with Crippen LogP contribution in [-0.2, 0) is 17.9 Å². The maximum absolute atomic E-state index is 5.79. The van der Waals surface area contributed by atoms with Crippen LogP contribution >= 0.6 is 0 Å². The minimum Gasteiger partial charge on any atom is -0.467 e. The smallest absolute Gasteiger partial charge is 0.133 e. The van der Waals surface area contributed by atoms with Gasteiger partial charge in [-0.1, -0.05) is 26.7 Å². The van der Waals surface area contributed by atoms with Gasteiger partial charge in [-0.25, -0.2) is 0 Å². The van der Waals surface area contributed by atoms with Crippen molar-refractivity contribution >= 4 is 0 Å². The Morgan fingerprint density at radius 2 is 2.17 bits per heavy atom. The molecule has 0 aliphatic heterocycles. The lowest BCUT2D eigenvalue weighted by molar-refractivity contribution is 0.0764. The van der Waals surface area contributed by atoms with Crippen molar-refractivity contribution in [3.05, 3.63) is 23.7 Å². The Balaban J connectivity index is 1.72. The summed E-state index contributed by atoms with van der Waals surface area (Å²) in [7, 11) is 0. The second-order valence-corrected chi connectivity index (χ2v) is 5.57. The third-order valence-electron chi connectivity index (χ3n) is 3.60. The quantitative estimate of drug-likeness (QED) is 0.805. The molecule has 0 amide bonds. The van der Waals surface area contributed by atoms with E-state index in [-0.39, 0.29) is 0 Å². The topological polar surface area (TPSA) is 34.4 Å². The molecule has 1 saturated carbocycles. The van der Waals surface area contributed by atoms with Gasteiger partial charge in [-0.3, -0.25) is 0 Å². The summed E-state index contributed by atoms with van der Waals surface area (Å²) in [6.07, 6.45) is 7.17. The van der Waals surface area contributed by atoms with Crippen molar-refractivity contribution in [2.75, 3.05) is 6.61 Å². The molecular formula is C15H25NO2. The average molecular weight is 251 g/mol. The molecule has 0 atom stereocenters. The van der Waals surface area contributed by atoms with Crippen molar-refractivity contribution in [3.8, 4) is 0 Å². The predicted octanol–water partition coefficient (Wildman–Crippen LogP) is 3.48. The Morgan fingerprint density at radius 1 is 1.39 bits per heavy atom. The zero-order valence-corrected chi connectivity index (χ0v) is 11.6. The molecule has 1 aromatic heterocycles. The molecule has 1 N–H and O–H groups in total. The van der Waals surface area contributed by atoms with E-state index < -0.39 is 0 Å². The van der Waals surface area contributed by atoms with E-state index >= 15 is 0 Å². The molecule has 2 rings (SSSR count). The number of ether oxygens (including phenoxy) is 1. The van der Waals surface area contributed by atoms with Crippen molar-refractivity contribution in [2.45, 2.75) is 58.7 Å². The van der Waals surface area contributed by atoms with Gasteiger partial charge in [-0.05, 0) is 24.8 Å². The van der Waals surface area contributed by atoms with E-state index in [2.05, 4.69) is 19.2 Å². The SMILES string of the molecule is CC(C)NCc1ccoc1COCC1CCCC1. The normalized spacial score (nSPS) is 16.8. The Hall–Kier alpha value is -0.800. The molecule has 102 valence electrons. The van der Waals surface area contributed by atoms with Crippen molar-refractivity contribution in [3.63, 3.8) is 0 Å². The first-order chi connectivity index (χ1) is 8.75. The highest BCUT2D eigenvalue weighted by Crippen LogP contribution is 2.25. The fraction of sp³-hybridized carbons (Fsp3) is 0.733. The van der Waals surface area contributed by atoms with Gasteiger partial charge in [0.15, 0.2) is 0 Å². The molecule has 0 radical (unpaired) electrons. The lowest BCUT2D eigenvalue weighted by Crippen LogP contribution is -2.22. The Labute approximate surface area is 110 Å². The fourth-order valence-corrected chi connectivity index (χ4v) is 2.46.